The number of amides is 2. The number of piperidine rings is 1. The molecular weight excluding hydrogens is 316 g/mol. The van der Waals surface area contributed by atoms with Gasteiger partial charge in [0.1, 0.15) is 0 Å². The molecule has 7 heteroatoms. The van der Waals surface area contributed by atoms with Gasteiger partial charge in [-0.05, 0) is 31.9 Å². The molecule has 2 N–H and O–H groups in total. The van der Waals surface area contributed by atoms with E-state index >= 15 is 0 Å². The van der Waals surface area contributed by atoms with Crippen molar-refractivity contribution in [2.45, 2.75) is 25.9 Å². The highest BCUT2D eigenvalue weighted by Gasteiger charge is 2.22. The number of nitrogens with zero attached hydrogens (tertiary/aromatic N) is 3. The molecule has 3 rings (SSSR count). The van der Waals surface area contributed by atoms with E-state index in [2.05, 4.69) is 10.4 Å². The minimum absolute atomic E-state index is 0.243. The number of urea groups is 1. The first-order chi connectivity index (χ1) is 11.0. The highest BCUT2D eigenvalue weighted by Crippen LogP contribution is 2.22. The number of benzene rings is 1. The number of rotatable bonds is 2. The zero-order chi connectivity index (χ0) is 16.4. The maximum Gasteiger partial charge on any atom is 0.323 e. The molecule has 1 aromatic carbocycles. The molecule has 1 saturated heterocycles. The molecule has 0 radical (unpaired) electrons. The van der Waals surface area contributed by atoms with Crippen molar-refractivity contribution in [2.75, 3.05) is 18.4 Å². The van der Waals surface area contributed by atoms with Crippen LogP contribution in [-0.2, 0) is 0 Å². The molecule has 2 aromatic rings. The van der Waals surface area contributed by atoms with Gasteiger partial charge in [-0.1, -0.05) is 23.7 Å². The summed E-state index contributed by atoms with van der Waals surface area (Å²) in [6, 6.07) is 8.96. The van der Waals surface area contributed by atoms with Crippen molar-refractivity contribution in [1.29, 1.82) is 0 Å². The summed E-state index contributed by atoms with van der Waals surface area (Å²) in [4.78, 5) is 13.9. The normalized spacial score (nSPS) is 18.0. The largest absolute Gasteiger partial charge is 0.391 e. The van der Waals surface area contributed by atoms with Crippen LogP contribution < -0.4 is 5.32 Å². The van der Waals surface area contributed by atoms with Crippen LogP contribution in [0, 0.1) is 6.92 Å². The minimum atomic E-state index is -0.447. The Bertz CT molecular complexity index is 716. The van der Waals surface area contributed by atoms with Crippen molar-refractivity contribution < 1.29 is 9.90 Å². The van der Waals surface area contributed by atoms with Crippen molar-refractivity contribution in [3.8, 4) is 5.69 Å². The molecule has 122 valence electrons. The second-order valence-corrected chi connectivity index (χ2v) is 6.11. The molecule has 0 spiro atoms. The molecule has 2 amide bonds. The molecular formula is C16H19ClN4O2. The average molecular weight is 335 g/mol. The number of anilines is 1. The molecule has 1 aliphatic heterocycles. The van der Waals surface area contributed by atoms with E-state index in [0.29, 0.717) is 23.9 Å². The van der Waals surface area contributed by atoms with Crippen molar-refractivity contribution >= 4 is 23.4 Å². The van der Waals surface area contributed by atoms with Gasteiger partial charge in [0.25, 0.3) is 0 Å². The number of β-amino-alcohol motifs (C(OH)–C–C–N with tert-alkyl or cyclic N) is 1. The number of aryl methyl sites for hydroxylation is 1. The van der Waals surface area contributed by atoms with E-state index in [0.717, 1.165) is 24.2 Å². The monoisotopic (exact) mass is 334 g/mol. The fraction of sp³-hybridized carbons (Fsp3) is 0.375. The lowest BCUT2D eigenvalue weighted by molar-refractivity contribution is 0.0883. The Balaban J connectivity index is 1.76. The fourth-order valence-electron chi connectivity index (χ4n) is 2.73. The quantitative estimate of drug-likeness (QED) is 0.887. The Kier molecular flexibility index (Phi) is 4.54. The zero-order valence-electron chi connectivity index (χ0n) is 12.9. The topological polar surface area (TPSA) is 70.4 Å². The van der Waals surface area contributed by atoms with Crippen LogP contribution in [0.25, 0.3) is 5.69 Å². The third-order valence-corrected chi connectivity index (χ3v) is 4.21. The predicted octanol–water partition coefficient (Wildman–Crippen LogP) is 2.82. The number of hydrogen-bond acceptors (Lipinski definition) is 3. The van der Waals surface area contributed by atoms with Gasteiger partial charge in [0.15, 0.2) is 5.82 Å². The third-order valence-electron chi connectivity index (χ3n) is 3.89. The lowest BCUT2D eigenvalue weighted by atomic mass is 10.1. The number of carbonyl (C=O) groups excluding carboxylic acids is 1. The smallest absolute Gasteiger partial charge is 0.323 e. The lowest BCUT2D eigenvalue weighted by Crippen LogP contribution is -2.44. The first-order valence-corrected chi connectivity index (χ1v) is 7.98. The van der Waals surface area contributed by atoms with E-state index in [1.165, 1.54) is 0 Å². The molecule has 1 aromatic heterocycles. The first-order valence-electron chi connectivity index (χ1n) is 7.60. The highest BCUT2D eigenvalue weighted by atomic mass is 35.5. The summed E-state index contributed by atoms with van der Waals surface area (Å²) in [5, 5.41) is 17.4. The number of likely N-dealkylation sites (tertiary alicyclic amines) is 1. The Labute approximate surface area is 139 Å². The van der Waals surface area contributed by atoms with Gasteiger partial charge >= 0.3 is 6.03 Å². The minimum Gasteiger partial charge on any atom is -0.391 e. The number of hydrogen-bond donors (Lipinski definition) is 2. The van der Waals surface area contributed by atoms with Crippen molar-refractivity contribution in [3.05, 3.63) is 41.0 Å². The molecule has 2 heterocycles. The Morgan fingerprint density at radius 2 is 2.22 bits per heavy atom. The van der Waals surface area contributed by atoms with Crippen LogP contribution in [0.2, 0.25) is 5.02 Å². The van der Waals surface area contributed by atoms with Crippen LogP contribution in [-0.4, -0.2) is 45.0 Å². The molecule has 0 bridgehead atoms. The summed E-state index contributed by atoms with van der Waals surface area (Å²) in [5.74, 6) is 0.465. The van der Waals surface area contributed by atoms with Gasteiger partial charge in [0.2, 0.25) is 0 Å². The number of para-hydroxylation sites is 1. The maximum atomic E-state index is 12.3. The number of aliphatic hydroxyl groups excluding tert-OH is 1. The summed E-state index contributed by atoms with van der Waals surface area (Å²) in [6.45, 7) is 2.90. The number of halogens is 1. The van der Waals surface area contributed by atoms with Crippen LogP contribution in [0.5, 0.6) is 0 Å². The van der Waals surface area contributed by atoms with Crippen molar-refractivity contribution in [1.82, 2.24) is 14.7 Å². The van der Waals surface area contributed by atoms with Gasteiger partial charge in [0, 0.05) is 24.8 Å². The van der Waals surface area contributed by atoms with E-state index in [9.17, 15) is 9.90 Å². The van der Waals surface area contributed by atoms with E-state index in [1.54, 1.807) is 21.7 Å². The van der Waals surface area contributed by atoms with E-state index in [1.807, 2.05) is 25.1 Å². The number of aromatic nitrogens is 2. The summed E-state index contributed by atoms with van der Waals surface area (Å²) in [6.07, 6.45) is 1.10. The van der Waals surface area contributed by atoms with Gasteiger partial charge in [0.05, 0.1) is 16.8 Å². The summed E-state index contributed by atoms with van der Waals surface area (Å²) in [7, 11) is 0. The summed E-state index contributed by atoms with van der Waals surface area (Å²) >= 11 is 6.20. The van der Waals surface area contributed by atoms with Crippen LogP contribution in [0.1, 0.15) is 18.5 Å². The van der Waals surface area contributed by atoms with E-state index in [-0.39, 0.29) is 6.03 Å². The molecule has 0 saturated carbocycles. The van der Waals surface area contributed by atoms with Crippen LogP contribution in [0.4, 0.5) is 10.6 Å². The maximum absolute atomic E-state index is 12.3. The Morgan fingerprint density at radius 1 is 1.43 bits per heavy atom. The van der Waals surface area contributed by atoms with Gasteiger partial charge in [-0.25, -0.2) is 9.48 Å². The van der Waals surface area contributed by atoms with Crippen molar-refractivity contribution in [2.24, 2.45) is 0 Å². The van der Waals surface area contributed by atoms with Gasteiger partial charge in [-0.2, -0.15) is 0 Å². The molecule has 23 heavy (non-hydrogen) atoms. The lowest BCUT2D eigenvalue weighted by Gasteiger charge is -2.29. The number of carbonyl (C=O) groups is 1. The van der Waals surface area contributed by atoms with Crippen LogP contribution in [0.15, 0.2) is 30.3 Å². The Hall–Kier alpha value is -2.05. The van der Waals surface area contributed by atoms with Gasteiger partial charge in [-0.15, -0.1) is 5.10 Å². The Morgan fingerprint density at radius 3 is 2.96 bits per heavy atom. The second-order valence-electron chi connectivity index (χ2n) is 5.71. The van der Waals surface area contributed by atoms with Crippen molar-refractivity contribution in [3.63, 3.8) is 0 Å². The molecule has 1 atom stereocenters. The standard InChI is InChI=1S/C16H19ClN4O2/c1-11-9-15(18-16(23)20-8-4-5-12(22)10-20)19-21(11)14-7-3-2-6-13(14)17/h2-3,6-7,9,12,22H,4-5,8,10H2,1H3,(H,18,19,23). The average Bonchev–Trinajstić information content (AvgIpc) is 2.88. The second kappa shape index (κ2) is 6.60. The van der Waals surface area contributed by atoms with E-state index in [4.69, 9.17) is 11.6 Å². The number of aliphatic hydroxyl groups is 1. The van der Waals surface area contributed by atoms with Gasteiger partial charge < -0.3 is 10.0 Å². The van der Waals surface area contributed by atoms with Gasteiger partial charge in [-0.3, -0.25) is 5.32 Å². The highest BCUT2D eigenvalue weighted by molar-refractivity contribution is 6.32. The molecule has 0 aliphatic carbocycles. The molecule has 1 fully saturated rings. The molecule has 6 nitrogen and oxygen atoms in total. The third kappa shape index (κ3) is 3.48. The van der Waals surface area contributed by atoms with Crippen LogP contribution in [0.3, 0.4) is 0 Å². The molecule has 1 aliphatic rings. The zero-order valence-corrected chi connectivity index (χ0v) is 13.6. The summed E-state index contributed by atoms with van der Waals surface area (Å²) < 4.78 is 1.70. The predicted molar refractivity (Wildman–Crippen MR) is 89.1 cm³/mol. The fourth-order valence-corrected chi connectivity index (χ4v) is 2.95. The van der Waals surface area contributed by atoms with E-state index < -0.39 is 6.10 Å². The SMILES string of the molecule is Cc1cc(NC(=O)N2CCCC(O)C2)nn1-c1ccccc1Cl. The molecule has 1 unspecified atom stereocenters. The number of nitrogens with one attached hydrogen (secondary N) is 1. The van der Waals surface area contributed by atoms with Crippen LogP contribution >= 0.6 is 11.6 Å². The first kappa shape index (κ1) is 15.8. The summed E-state index contributed by atoms with van der Waals surface area (Å²) in [5.41, 5.74) is 1.63.